The summed E-state index contributed by atoms with van der Waals surface area (Å²) in [6.07, 6.45) is -5.01. The van der Waals surface area contributed by atoms with Crippen molar-refractivity contribution in [3.05, 3.63) is 25.6 Å². The van der Waals surface area contributed by atoms with Gasteiger partial charge in [0.2, 0.25) is 0 Å². The molecule has 17 heavy (non-hydrogen) atoms. The number of nitrogens with zero attached hydrogens (tertiary/aromatic N) is 2. The van der Waals surface area contributed by atoms with Crippen LogP contribution in [-0.2, 0) is 6.61 Å². The van der Waals surface area contributed by atoms with Crippen LogP contribution in [0.25, 0.3) is 0 Å². The topological polar surface area (TPSA) is 85.5 Å². The average Bonchev–Trinajstić information content (AvgIpc) is 2.17. The van der Waals surface area contributed by atoms with Crippen molar-refractivity contribution in [1.82, 2.24) is 4.98 Å². The number of rotatable bonds is 3. The number of ether oxygens (including phenoxy) is 1. The number of halogens is 4. The molecule has 0 atom stereocenters. The van der Waals surface area contributed by atoms with E-state index < -0.39 is 35.0 Å². The van der Waals surface area contributed by atoms with Crippen LogP contribution in [0.2, 0.25) is 0 Å². The van der Waals surface area contributed by atoms with Crippen LogP contribution in [0.15, 0.2) is 6.07 Å². The van der Waals surface area contributed by atoms with Gasteiger partial charge in [-0.3, -0.25) is 10.1 Å². The smallest absolute Gasteiger partial charge is 0.403 e. The Labute approximate surface area is 106 Å². The van der Waals surface area contributed by atoms with E-state index in [1.165, 1.54) is 22.6 Å². The monoisotopic (exact) mass is 364 g/mol. The highest BCUT2D eigenvalue weighted by molar-refractivity contribution is 14.1. The molecule has 0 spiro atoms. The summed E-state index contributed by atoms with van der Waals surface area (Å²) in [6, 6.07) is 0.577. The van der Waals surface area contributed by atoms with Crippen LogP contribution >= 0.6 is 22.6 Å². The minimum atomic E-state index is -5.01. The number of hydrogen-bond acceptors (Lipinski definition) is 5. The minimum absolute atomic E-state index is 0.133. The van der Waals surface area contributed by atoms with E-state index in [2.05, 4.69) is 9.72 Å². The summed E-state index contributed by atoms with van der Waals surface area (Å²) < 4.78 is 39.4. The highest BCUT2D eigenvalue weighted by atomic mass is 127. The fourth-order valence-electron chi connectivity index (χ4n) is 0.952. The zero-order chi connectivity index (χ0) is 13.2. The molecule has 1 aromatic heterocycles. The van der Waals surface area contributed by atoms with E-state index in [1.807, 2.05) is 0 Å². The summed E-state index contributed by atoms with van der Waals surface area (Å²) in [4.78, 5) is 13.1. The first-order valence-corrected chi connectivity index (χ1v) is 5.03. The summed E-state index contributed by atoms with van der Waals surface area (Å²) in [5.74, 6) is -0.882. The van der Waals surface area contributed by atoms with Crippen LogP contribution in [0.5, 0.6) is 5.75 Å². The van der Waals surface area contributed by atoms with E-state index in [-0.39, 0.29) is 3.70 Å². The second-order valence-electron chi connectivity index (χ2n) is 2.71. The largest absolute Gasteiger partial charge is 0.573 e. The first-order valence-electron chi connectivity index (χ1n) is 3.95. The molecule has 0 unspecified atom stereocenters. The van der Waals surface area contributed by atoms with E-state index >= 15 is 0 Å². The molecule has 0 aliphatic carbocycles. The SMILES string of the molecule is O=[N+]([O-])c1cc(OC(F)(F)F)c(CO)nc1I. The maximum Gasteiger partial charge on any atom is 0.573 e. The fraction of sp³-hybridized carbons (Fsp3) is 0.286. The molecule has 1 N–H and O–H groups in total. The van der Waals surface area contributed by atoms with Crippen molar-refractivity contribution in [1.29, 1.82) is 0 Å². The van der Waals surface area contributed by atoms with Crippen LogP contribution < -0.4 is 4.74 Å². The Morgan fingerprint density at radius 3 is 2.59 bits per heavy atom. The van der Waals surface area contributed by atoms with Gasteiger partial charge in [0, 0.05) is 0 Å². The van der Waals surface area contributed by atoms with E-state index in [1.54, 1.807) is 0 Å². The van der Waals surface area contributed by atoms with E-state index in [4.69, 9.17) is 5.11 Å². The molecule has 10 heteroatoms. The normalized spacial score (nSPS) is 11.4. The summed E-state index contributed by atoms with van der Waals surface area (Å²) in [5.41, 5.74) is -1.04. The second kappa shape index (κ2) is 5.00. The summed E-state index contributed by atoms with van der Waals surface area (Å²) in [5, 5.41) is 19.3. The van der Waals surface area contributed by atoms with Gasteiger partial charge < -0.3 is 9.84 Å². The lowest BCUT2D eigenvalue weighted by Gasteiger charge is -2.11. The highest BCUT2D eigenvalue weighted by Gasteiger charge is 2.33. The maximum atomic E-state index is 12.0. The molecule has 94 valence electrons. The number of hydrogen-bond donors (Lipinski definition) is 1. The van der Waals surface area contributed by atoms with E-state index in [9.17, 15) is 23.3 Å². The molecule has 0 amide bonds. The molecular formula is C7H4F3IN2O4. The van der Waals surface area contributed by atoms with Crippen LogP contribution in [0.1, 0.15) is 5.69 Å². The van der Waals surface area contributed by atoms with Crippen molar-refractivity contribution in [2.45, 2.75) is 13.0 Å². The molecule has 0 bridgehead atoms. The van der Waals surface area contributed by atoms with Gasteiger partial charge >= 0.3 is 12.0 Å². The van der Waals surface area contributed by atoms with E-state index in [0.717, 1.165) is 0 Å². The lowest BCUT2D eigenvalue weighted by molar-refractivity contribution is -0.386. The molecule has 1 aromatic rings. The average molecular weight is 364 g/mol. The van der Waals surface area contributed by atoms with Crippen molar-refractivity contribution in [2.24, 2.45) is 0 Å². The lowest BCUT2D eigenvalue weighted by atomic mass is 10.3. The fourth-order valence-corrected chi connectivity index (χ4v) is 1.60. The Balaban J connectivity index is 3.26. The quantitative estimate of drug-likeness (QED) is 0.384. The maximum absolute atomic E-state index is 12.0. The van der Waals surface area contributed by atoms with Gasteiger partial charge in [0.25, 0.3) is 0 Å². The van der Waals surface area contributed by atoms with Crippen LogP contribution in [0, 0.1) is 13.8 Å². The van der Waals surface area contributed by atoms with Crippen LogP contribution in [-0.4, -0.2) is 21.4 Å². The summed E-state index contributed by atoms with van der Waals surface area (Å²) in [7, 11) is 0. The van der Waals surface area contributed by atoms with Crippen LogP contribution in [0.4, 0.5) is 18.9 Å². The predicted molar refractivity (Wildman–Crippen MR) is 56.2 cm³/mol. The van der Waals surface area contributed by atoms with Gasteiger partial charge in [-0.1, -0.05) is 0 Å². The molecule has 0 aliphatic heterocycles. The van der Waals surface area contributed by atoms with Crippen molar-refractivity contribution in [2.75, 3.05) is 0 Å². The molecule has 6 nitrogen and oxygen atoms in total. The van der Waals surface area contributed by atoms with Gasteiger partial charge in [-0.05, 0) is 22.6 Å². The number of pyridine rings is 1. The third-order valence-corrected chi connectivity index (χ3v) is 2.36. The molecule has 0 fully saturated rings. The lowest BCUT2D eigenvalue weighted by Crippen LogP contribution is -2.19. The molecule has 0 saturated heterocycles. The number of aliphatic hydroxyl groups excluding tert-OH is 1. The first kappa shape index (κ1) is 13.9. The van der Waals surface area contributed by atoms with Gasteiger partial charge in [-0.15, -0.1) is 13.2 Å². The Morgan fingerprint density at radius 1 is 1.59 bits per heavy atom. The van der Waals surface area contributed by atoms with Gasteiger partial charge in [-0.25, -0.2) is 4.98 Å². The molecule has 0 aliphatic rings. The highest BCUT2D eigenvalue weighted by Crippen LogP contribution is 2.31. The Hall–Kier alpha value is -1.17. The zero-order valence-electron chi connectivity index (χ0n) is 7.86. The number of nitro groups is 1. The number of aromatic nitrogens is 1. The first-order chi connectivity index (χ1) is 7.74. The van der Waals surface area contributed by atoms with Gasteiger partial charge in [0.1, 0.15) is 5.69 Å². The van der Waals surface area contributed by atoms with Crippen molar-refractivity contribution in [3.8, 4) is 5.75 Å². The van der Waals surface area contributed by atoms with Gasteiger partial charge in [-0.2, -0.15) is 0 Å². The standard InChI is InChI=1S/C7H4F3IN2O4/c8-7(9,10)17-5-1-4(13(15)16)6(11)12-3(5)2-14/h1,14H,2H2. The second-order valence-corrected chi connectivity index (χ2v) is 3.73. The third kappa shape index (κ3) is 3.66. The molecule has 1 rings (SSSR count). The van der Waals surface area contributed by atoms with E-state index in [0.29, 0.717) is 6.07 Å². The molecule has 0 saturated carbocycles. The van der Waals surface area contributed by atoms with Gasteiger partial charge in [0.15, 0.2) is 9.45 Å². The van der Waals surface area contributed by atoms with Crippen LogP contribution in [0.3, 0.4) is 0 Å². The zero-order valence-corrected chi connectivity index (χ0v) is 10.0. The molecular weight excluding hydrogens is 360 g/mol. The van der Waals surface area contributed by atoms with Crippen molar-refractivity contribution in [3.63, 3.8) is 0 Å². The Morgan fingerprint density at radius 2 is 2.18 bits per heavy atom. The van der Waals surface area contributed by atoms with Crippen molar-refractivity contribution >= 4 is 28.3 Å². The number of alkyl halides is 3. The molecule has 1 heterocycles. The Kier molecular flexibility index (Phi) is 4.08. The van der Waals surface area contributed by atoms with Crippen molar-refractivity contribution < 1.29 is 27.9 Å². The summed E-state index contributed by atoms with van der Waals surface area (Å²) >= 11 is 1.48. The predicted octanol–water partition coefficient (Wildman–Crippen LogP) is 1.99. The molecule has 0 radical (unpaired) electrons. The Bertz CT molecular complexity index is 451. The number of aliphatic hydroxyl groups is 1. The minimum Gasteiger partial charge on any atom is -0.403 e. The molecule has 0 aromatic carbocycles. The van der Waals surface area contributed by atoms with Gasteiger partial charge in [0.05, 0.1) is 17.6 Å². The third-order valence-electron chi connectivity index (χ3n) is 1.57. The summed E-state index contributed by atoms with van der Waals surface area (Å²) in [6.45, 7) is -0.820.